The molecule has 0 radical (unpaired) electrons. The molecule has 1 aliphatic rings. The number of piperidine rings is 1. The second kappa shape index (κ2) is 9.30. The van der Waals surface area contributed by atoms with Crippen LogP contribution in [-0.4, -0.2) is 31.1 Å². The van der Waals surface area contributed by atoms with E-state index in [4.69, 9.17) is 4.74 Å². The molecule has 0 aromatic heterocycles. The fraction of sp³-hybridized carbons (Fsp3) is 0.391. The van der Waals surface area contributed by atoms with Gasteiger partial charge >= 0.3 is 0 Å². The molecular weight excluding hydrogens is 306 g/mol. The number of rotatable bonds is 5. The third kappa shape index (κ3) is 5.37. The summed E-state index contributed by atoms with van der Waals surface area (Å²) in [5.41, 5.74) is 3.50. The first-order chi connectivity index (χ1) is 12.3. The Balaban J connectivity index is 1.58. The molecule has 0 atom stereocenters. The van der Waals surface area contributed by atoms with Crippen molar-refractivity contribution < 1.29 is 4.74 Å². The minimum absolute atomic E-state index is 0.768. The Morgan fingerprint density at radius 1 is 0.880 bits per heavy atom. The lowest BCUT2D eigenvalue weighted by Gasteiger charge is -2.23. The SMILES string of the molecule is CCCOc1ccc(-c2ccc(C#CCN3CCCCC3)cc2)cc1. The number of hydrogen-bond acceptors (Lipinski definition) is 2. The third-order valence-corrected chi connectivity index (χ3v) is 4.53. The van der Waals surface area contributed by atoms with Crippen LogP contribution in [-0.2, 0) is 0 Å². The van der Waals surface area contributed by atoms with Gasteiger partial charge in [-0.1, -0.05) is 49.5 Å². The molecule has 25 heavy (non-hydrogen) atoms. The second-order valence-corrected chi connectivity index (χ2v) is 6.59. The smallest absolute Gasteiger partial charge is 0.119 e. The van der Waals surface area contributed by atoms with Crippen molar-refractivity contribution in [3.05, 3.63) is 54.1 Å². The molecule has 2 heteroatoms. The minimum atomic E-state index is 0.768. The number of benzene rings is 2. The number of nitrogens with zero attached hydrogens (tertiary/aromatic N) is 1. The molecule has 0 unspecified atom stereocenters. The summed E-state index contributed by atoms with van der Waals surface area (Å²) in [6.45, 7) is 6.17. The Labute approximate surface area is 151 Å². The fourth-order valence-corrected chi connectivity index (χ4v) is 3.08. The number of hydrogen-bond donors (Lipinski definition) is 0. The van der Waals surface area contributed by atoms with Crippen molar-refractivity contribution in [3.63, 3.8) is 0 Å². The minimum Gasteiger partial charge on any atom is -0.494 e. The summed E-state index contributed by atoms with van der Waals surface area (Å²) in [7, 11) is 0. The van der Waals surface area contributed by atoms with Gasteiger partial charge in [0.2, 0.25) is 0 Å². The van der Waals surface area contributed by atoms with Gasteiger partial charge in [-0.15, -0.1) is 0 Å². The van der Waals surface area contributed by atoms with Gasteiger partial charge in [-0.2, -0.15) is 0 Å². The first kappa shape index (κ1) is 17.6. The standard InChI is InChI=1S/C23H27NO/c1-2-19-25-23-14-12-22(13-15-23)21-10-8-20(9-11-21)7-6-18-24-16-4-3-5-17-24/h8-15H,2-5,16-19H2,1H3. The van der Waals surface area contributed by atoms with Gasteiger partial charge in [0.25, 0.3) is 0 Å². The third-order valence-electron chi connectivity index (χ3n) is 4.53. The summed E-state index contributed by atoms with van der Waals surface area (Å²) in [6, 6.07) is 16.8. The first-order valence-corrected chi connectivity index (χ1v) is 9.39. The van der Waals surface area contributed by atoms with Gasteiger partial charge < -0.3 is 4.74 Å². The van der Waals surface area contributed by atoms with Gasteiger partial charge in [0, 0.05) is 5.56 Å². The second-order valence-electron chi connectivity index (χ2n) is 6.59. The molecule has 1 saturated heterocycles. The summed E-state index contributed by atoms with van der Waals surface area (Å²) in [5, 5.41) is 0. The van der Waals surface area contributed by atoms with Gasteiger partial charge in [0.15, 0.2) is 0 Å². The largest absolute Gasteiger partial charge is 0.494 e. The molecule has 1 fully saturated rings. The lowest BCUT2D eigenvalue weighted by molar-refractivity contribution is 0.255. The van der Waals surface area contributed by atoms with E-state index in [0.29, 0.717) is 0 Å². The van der Waals surface area contributed by atoms with Crippen molar-refractivity contribution in [2.75, 3.05) is 26.2 Å². The van der Waals surface area contributed by atoms with Crippen molar-refractivity contribution in [2.24, 2.45) is 0 Å². The Morgan fingerprint density at radius 3 is 2.16 bits per heavy atom. The monoisotopic (exact) mass is 333 g/mol. The van der Waals surface area contributed by atoms with Crippen LogP contribution in [0.25, 0.3) is 11.1 Å². The summed E-state index contributed by atoms with van der Waals surface area (Å²) >= 11 is 0. The molecule has 1 aliphatic heterocycles. The van der Waals surface area contributed by atoms with E-state index in [0.717, 1.165) is 30.9 Å². The molecule has 0 spiro atoms. The van der Waals surface area contributed by atoms with E-state index in [9.17, 15) is 0 Å². The average Bonchev–Trinajstić information content (AvgIpc) is 2.68. The summed E-state index contributed by atoms with van der Waals surface area (Å²) < 4.78 is 5.64. The molecule has 0 saturated carbocycles. The highest BCUT2D eigenvalue weighted by Gasteiger charge is 2.07. The number of likely N-dealkylation sites (tertiary alicyclic amines) is 1. The van der Waals surface area contributed by atoms with Crippen molar-refractivity contribution in [3.8, 4) is 28.7 Å². The molecule has 2 aromatic carbocycles. The lowest BCUT2D eigenvalue weighted by atomic mass is 10.0. The molecule has 0 bridgehead atoms. The van der Waals surface area contributed by atoms with Gasteiger partial charge in [-0.05, 0) is 67.7 Å². The highest BCUT2D eigenvalue weighted by Crippen LogP contribution is 2.22. The fourth-order valence-electron chi connectivity index (χ4n) is 3.08. The van der Waals surface area contributed by atoms with Crippen LogP contribution < -0.4 is 4.74 Å². The summed E-state index contributed by atoms with van der Waals surface area (Å²) in [5.74, 6) is 7.54. The average molecular weight is 333 g/mol. The van der Waals surface area contributed by atoms with Gasteiger partial charge in [0.1, 0.15) is 5.75 Å². The van der Waals surface area contributed by atoms with E-state index in [-0.39, 0.29) is 0 Å². The number of ether oxygens (including phenoxy) is 1. The van der Waals surface area contributed by atoms with Crippen LogP contribution >= 0.6 is 0 Å². The van der Waals surface area contributed by atoms with Crippen molar-refractivity contribution in [1.29, 1.82) is 0 Å². The van der Waals surface area contributed by atoms with E-state index < -0.39 is 0 Å². The zero-order valence-electron chi connectivity index (χ0n) is 15.1. The van der Waals surface area contributed by atoms with E-state index in [1.807, 2.05) is 12.1 Å². The van der Waals surface area contributed by atoms with Crippen LogP contribution in [0.15, 0.2) is 48.5 Å². The predicted molar refractivity (Wildman–Crippen MR) is 105 cm³/mol. The van der Waals surface area contributed by atoms with Crippen LogP contribution in [0.1, 0.15) is 38.2 Å². The Kier molecular flexibility index (Phi) is 6.54. The highest BCUT2D eigenvalue weighted by molar-refractivity contribution is 5.65. The zero-order valence-corrected chi connectivity index (χ0v) is 15.1. The Hall–Kier alpha value is -2.24. The molecular formula is C23H27NO. The van der Waals surface area contributed by atoms with Crippen molar-refractivity contribution >= 4 is 0 Å². The lowest BCUT2D eigenvalue weighted by Crippen LogP contribution is -2.29. The van der Waals surface area contributed by atoms with Crippen LogP contribution in [0.5, 0.6) is 5.75 Å². The molecule has 2 nitrogen and oxygen atoms in total. The molecule has 0 amide bonds. The molecule has 0 N–H and O–H groups in total. The maximum Gasteiger partial charge on any atom is 0.119 e. The topological polar surface area (TPSA) is 12.5 Å². The van der Waals surface area contributed by atoms with Gasteiger partial charge in [-0.3, -0.25) is 4.90 Å². The molecule has 3 rings (SSSR count). The van der Waals surface area contributed by atoms with E-state index in [1.165, 1.54) is 43.5 Å². The van der Waals surface area contributed by atoms with Gasteiger partial charge in [-0.25, -0.2) is 0 Å². The predicted octanol–water partition coefficient (Wildman–Crippen LogP) is 4.98. The zero-order chi connectivity index (χ0) is 17.3. The Bertz CT molecular complexity index is 700. The Morgan fingerprint density at radius 2 is 1.52 bits per heavy atom. The van der Waals surface area contributed by atoms with E-state index in [1.54, 1.807) is 0 Å². The van der Waals surface area contributed by atoms with Crippen LogP contribution in [0.4, 0.5) is 0 Å². The molecule has 2 aromatic rings. The van der Waals surface area contributed by atoms with E-state index >= 15 is 0 Å². The highest BCUT2D eigenvalue weighted by atomic mass is 16.5. The maximum absolute atomic E-state index is 5.64. The molecule has 130 valence electrons. The van der Waals surface area contributed by atoms with Crippen LogP contribution in [0.3, 0.4) is 0 Å². The normalized spacial score (nSPS) is 14.6. The quantitative estimate of drug-likeness (QED) is 0.716. The molecule has 1 heterocycles. The molecule has 0 aliphatic carbocycles. The summed E-state index contributed by atoms with van der Waals surface area (Å²) in [4.78, 5) is 2.45. The summed E-state index contributed by atoms with van der Waals surface area (Å²) in [6.07, 6.45) is 5.04. The van der Waals surface area contributed by atoms with Crippen molar-refractivity contribution in [1.82, 2.24) is 4.90 Å². The van der Waals surface area contributed by atoms with Gasteiger partial charge in [0.05, 0.1) is 13.2 Å². The van der Waals surface area contributed by atoms with E-state index in [2.05, 4.69) is 60.1 Å². The van der Waals surface area contributed by atoms with Crippen LogP contribution in [0.2, 0.25) is 0 Å². The van der Waals surface area contributed by atoms with Crippen molar-refractivity contribution in [2.45, 2.75) is 32.6 Å². The maximum atomic E-state index is 5.64. The van der Waals surface area contributed by atoms with Crippen LogP contribution in [0, 0.1) is 11.8 Å². The first-order valence-electron chi connectivity index (χ1n) is 9.39.